The van der Waals surface area contributed by atoms with Gasteiger partial charge in [-0.1, -0.05) is 18.2 Å². The summed E-state index contributed by atoms with van der Waals surface area (Å²) in [7, 11) is 0. The van der Waals surface area contributed by atoms with Gasteiger partial charge in [-0.05, 0) is 18.2 Å². The molecule has 23 heavy (non-hydrogen) atoms. The Labute approximate surface area is 132 Å². The Morgan fingerprint density at radius 1 is 1.04 bits per heavy atom. The normalized spacial score (nSPS) is 10.6. The summed E-state index contributed by atoms with van der Waals surface area (Å²) in [6.45, 7) is 0. The maximum Gasteiger partial charge on any atom is 0.192 e. The average Bonchev–Trinajstić information content (AvgIpc) is 2.50. The van der Waals surface area contributed by atoms with Crippen LogP contribution in [0.15, 0.2) is 47.5 Å². The van der Waals surface area contributed by atoms with E-state index < -0.39 is 0 Å². The van der Waals surface area contributed by atoms with E-state index in [-0.39, 0.29) is 23.9 Å². The fourth-order valence-electron chi connectivity index (χ4n) is 2.27. The number of nitrogens with zero attached hydrogens (tertiary/aromatic N) is 3. The molecule has 0 saturated heterocycles. The van der Waals surface area contributed by atoms with Gasteiger partial charge in [-0.3, -0.25) is 0 Å². The largest absolute Gasteiger partial charge is 0.508 e. The molecule has 2 aromatic carbocycles. The van der Waals surface area contributed by atoms with E-state index in [1.54, 1.807) is 6.07 Å². The summed E-state index contributed by atoms with van der Waals surface area (Å²) >= 11 is 0. The van der Waals surface area contributed by atoms with Crippen molar-refractivity contribution in [3.8, 4) is 11.5 Å². The number of hydrogen-bond donors (Lipinski definition) is 4. The van der Waals surface area contributed by atoms with E-state index in [9.17, 15) is 10.2 Å². The van der Waals surface area contributed by atoms with Crippen molar-refractivity contribution in [1.29, 1.82) is 0 Å². The number of fused-ring (bicyclic) bond motifs is 1. The molecule has 0 bridgehead atoms. The number of nitrogens with two attached hydrogens (primary N) is 2. The number of phenolic OH excluding ortho intramolecular Hbond substituents is 2. The molecule has 116 valence electrons. The van der Waals surface area contributed by atoms with Gasteiger partial charge in [-0.15, -0.1) is 0 Å². The third-order valence-electron chi connectivity index (χ3n) is 3.28. The van der Waals surface area contributed by atoms with Crippen LogP contribution >= 0.6 is 0 Å². The molecule has 0 fully saturated rings. The van der Waals surface area contributed by atoms with E-state index in [1.807, 2.05) is 24.3 Å². The van der Waals surface area contributed by atoms with E-state index in [0.717, 1.165) is 5.39 Å². The number of guanidine groups is 1. The maximum atomic E-state index is 9.90. The van der Waals surface area contributed by atoms with Crippen LogP contribution in [0, 0.1) is 0 Å². The molecule has 7 nitrogen and oxygen atoms in total. The fourth-order valence-corrected chi connectivity index (χ4v) is 2.27. The second-order valence-electron chi connectivity index (χ2n) is 5.01. The fraction of sp³-hybridized carbons (Fsp3) is 0.0625. The minimum atomic E-state index is -0.0905. The highest BCUT2D eigenvalue weighted by molar-refractivity contribution is 5.91. The van der Waals surface area contributed by atoms with Gasteiger partial charge in [-0.2, -0.15) is 4.99 Å². The summed E-state index contributed by atoms with van der Waals surface area (Å²) < 4.78 is 0. The molecule has 0 saturated carbocycles. The van der Waals surface area contributed by atoms with Crippen molar-refractivity contribution in [1.82, 2.24) is 9.97 Å². The highest BCUT2D eigenvalue weighted by Crippen LogP contribution is 2.27. The molecule has 6 N–H and O–H groups in total. The number of aromatic nitrogens is 2. The van der Waals surface area contributed by atoms with E-state index in [4.69, 9.17) is 11.5 Å². The number of benzene rings is 2. The summed E-state index contributed by atoms with van der Waals surface area (Å²) in [5, 5.41) is 20.0. The molecule has 7 heteroatoms. The lowest BCUT2D eigenvalue weighted by molar-refractivity contribution is 0.446. The molecule has 0 aliphatic rings. The Hall–Kier alpha value is -3.35. The van der Waals surface area contributed by atoms with Gasteiger partial charge in [0.25, 0.3) is 0 Å². The Morgan fingerprint density at radius 3 is 2.57 bits per heavy atom. The zero-order valence-electron chi connectivity index (χ0n) is 12.1. The topological polar surface area (TPSA) is 131 Å². The van der Waals surface area contributed by atoms with Gasteiger partial charge in [-0.25, -0.2) is 9.97 Å². The van der Waals surface area contributed by atoms with Crippen LogP contribution in [0.4, 0.5) is 5.82 Å². The van der Waals surface area contributed by atoms with Crippen LogP contribution in [-0.4, -0.2) is 26.1 Å². The number of rotatable bonds is 3. The highest BCUT2D eigenvalue weighted by atomic mass is 16.3. The molecule has 0 amide bonds. The van der Waals surface area contributed by atoms with Gasteiger partial charge in [0.05, 0.1) is 5.52 Å². The van der Waals surface area contributed by atoms with Crippen molar-refractivity contribution in [2.24, 2.45) is 16.5 Å². The standard InChI is InChI=1S/C16H15N5O2/c17-16(18)21-15-11-3-1-2-4-12(11)19-14(20-15)7-9-5-6-10(22)8-13(9)23/h1-6,8,22-23H,7H2,(H4,17,18,19,20,21). The van der Waals surface area contributed by atoms with E-state index >= 15 is 0 Å². The van der Waals surface area contributed by atoms with Crippen molar-refractivity contribution in [2.45, 2.75) is 6.42 Å². The highest BCUT2D eigenvalue weighted by Gasteiger charge is 2.10. The molecule has 1 aromatic heterocycles. The Kier molecular flexibility index (Phi) is 3.68. The number of aliphatic imine (C=N–C) groups is 1. The summed E-state index contributed by atoms with van der Waals surface area (Å²) in [6, 6.07) is 11.8. The quantitative estimate of drug-likeness (QED) is 0.429. The lowest BCUT2D eigenvalue weighted by Gasteiger charge is -2.07. The van der Waals surface area contributed by atoms with Crippen LogP contribution < -0.4 is 11.5 Å². The average molecular weight is 309 g/mol. The maximum absolute atomic E-state index is 9.90. The predicted octanol–water partition coefficient (Wildman–Crippen LogP) is 1.54. The van der Waals surface area contributed by atoms with E-state index in [2.05, 4.69) is 15.0 Å². The van der Waals surface area contributed by atoms with E-state index in [0.29, 0.717) is 22.7 Å². The van der Waals surface area contributed by atoms with Gasteiger partial charge in [0.2, 0.25) is 0 Å². The number of phenols is 2. The molecule has 0 spiro atoms. The molecule has 3 aromatic rings. The van der Waals surface area contributed by atoms with Gasteiger partial charge >= 0.3 is 0 Å². The molecule has 3 rings (SSSR count). The van der Waals surface area contributed by atoms with E-state index in [1.165, 1.54) is 12.1 Å². The zero-order valence-corrected chi connectivity index (χ0v) is 12.1. The predicted molar refractivity (Wildman–Crippen MR) is 87.6 cm³/mol. The molecule has 0 aliphatic heterocycles. The SMILES string of the molecule is NC(N)=Nc1nc(Cc2ccc(O)cc2O)nc2ccccc12. The first-order valence-corrected chi connectivity index (χ1v) is 6.89. The molecular formula is C16H15N5O2. The first-order chi connectivity index (χ1) is 11.0. The Balaban J connectivity index is 2.09. The first kappa shape index (κ1) is 14.6. The van der Waals surface area contributed by atoms with Crippen LogP contribution in [0.5, 0.6) is 11.5 Å². The lowest BCUT2D eigenvalue weighted by Crippen LogP contribution is -2.22. The van der Waals surface area contributed by atoms with Crippen molar-refractivity contribution < 1.29 is 10.2 Å². The van der Waals surface area contributed by atoms with Gasteiger partial charge in [0, 0.05) is 23.4 Å². The molecule has 1 heterocycles. The third-order valence-corrected chi connectivity index (χ3v) is 3.28. The van der Waals surface area contributed by atoms with Crippen molar-refractivity contribution >= 4 is 22.7 Å². The summed E-state index contributed by atoms with van der Waals surface area (Å²) in [5.41, 5.74) is 12.2. The molecule has 0 aliphatic carbocycles. The first-order valence-electron chi connectivity index (χ1n) is 6.89. The number of aromatic hydroxyl groups is 2. The monoisotopic (exact) mass is 309 g/mol. The number of para-hydroxylation sites is 1. The third kappa shape index (κ3) is 3.13. The van der Waals surface area contributed by atoms with Crippen molar-refractivity contribution in [3.63, 3.8) is 0 Å². The van der Waals surface area contributed by atoms with Crippen LogP contribution in [0.1, 0.15) is 11.4 Å². The molecule has 0 radical (unpaired) electrons. The molecular weight excluding hydrogens is 294 g/mol. The summed E-state index contributed by atoms with van der Waals surface area (Å²) in [4.78, 5) is 12.9. The van der Waals surface area contributed by atoms with Crippen LogP contribution in [0.25, 0.3) is 10.9 Å². The summed E-state index contributed by atoms with van der Waals surface area (Å²) in [5.74, 6) is 0.720. The summed E-state index contributed by atoms with van der Waals surface area (Å²) in [6.07, 6.45) is 0.282. The lowest BCUT2D eigenvalue weighted by atomic mass is 10.1. The van der Waals surface area contributed by atoms with Gasteiger partial charge in [0.1, 0.15) is 17.3 Å². The van der Waals surface area contributed by atoms with Gasteiger partial charge in [0.15, 0.2) is 11.8 Å². The van der Waals surface area contributed by atoms with Gasteiger partial charge < -0.3 is 21.7 Å². The van der Waals surface area contributed by atoms with Crippen LogP contribution in [-0.2, 0) is 6.42 Å². The molecule has 0 atom stereocenters. The van der Waals surface area contributed by atoms with Crippen molar-refractivity contribution in [3.05, 3.63) is 53.9 Å². The second kappa shape index (κ2) is 5.80. The van der Waals surface area contributed by atoms with Crippen LogP contribution in [0.2, 0.25) is 0 Å². The Bertz CT molecular complexity index is 904. The number of hydrogen-bond acceptors (Lipinski definition) is 5. The zero-order chi connectivity index (χ0) is 16.4. The minimum absolute atomic E-state index is 0.00752. The second-order valence-corrected chi connectivity index (χ2v) is 5.01. The Morgan fingerprint density at radius 2 is 1.83 bits per heavy atom. The van der Waals surface area contributed by atoms with Crippen LogP contribution in [0.3, 0.4) is 0 Å². The smallest absolute Gasteiger partial charge is 0.192 e. The molecule has 0 unspecified atom stereocenters. The minimum Gasteiger partial charge on any atom is -0.508 e. The van der Waals surface area contributed by atoms with Crippen molar-refractivity contribution in [2.75, 3.05) is 0 Å².